The minimum Gasteiger partial charge on any atom is -0.478 e. The molecule has 2 N–H and O–H groups in total. The molecular formula is C18H22F2N2O3. The van der Waals surface area contributed by atoms with Gasteiger partial charge in [-0.1, -0.05) is 6.92 Å². The summed E-state index contributed by atoms with van der Waals surface area (Å²) < 4.78 is 29.9. The first kappa shape index (κ1) is 17.7. The maximum Gasteiger partial charge on any atom is 0.336 e. The largest absolute Gasteiger partial charge is 0.478 e. The summed E-state index contributed by atoms with van der Waals surface area (Å²) in [5.74, 6) is -2.31. The number of aliphatic carboxylic acids is 1. The molecule has 1 aromatic carbocycles. The standard InChI is InChI=1S/C18H22F2N2O3/c1-3-21-9-12(18(24)25)17(23)11-8-13(19)16(14(20)15(11)21)22-6-4-10(2)5-7-22/h8-10,17,23H,3-7H2,1-2H3,(H,24,25). The van der Waals surface area contributed by atoms with Gasteiger partial charge < -0.3 is 20.0 Å². The van der Waals surface area contributed by atoms with E-state index < -0.39 is 23.7 Å². The van der Waals surface area contributed by atoms with Crippen LogP contribution in [-0.2, 0) is 4.79 Å². The van der Waals surface area contributed by atoms with Crippen molar-refractivity contribution in [3.05, 3.63) is 35.0 Å². The van der Waals surface area contributed by atoms with E-state index in [2.05, 4.69) is 6.92 Å². The Balaban J connectivity index is 2.10. The average Bonchev–Trinajstić information content (AvgIpc) is 2.57. The van der Waals surface area contributed by atoms with Gasteiger partial charge in [-0.25, -0.2) is 13.6 Å². The van der Waals surface area contributed by atoms with Crippen LogP contribution in [0.15, 0.2) is 17.8 Å². The van der Waals surface area contributed by atoms with Gasteiger partial charge in [-0.15, -0.1) is 0 Å². The zero-order valence-electron chi connectivity index (χ0n) is 14.3. The van der Waals surface area contributed by atoms with Crippen LogP contribution in [0.5, 0.6) is 0 Å². The lowest BCUT2D eigenvalue weighted by atomic mass is 9.94. The van der Waals surface area contributed by atoms with E-state index >= 15 is 4.39 Å². The molecule has 3 rings (SSSR count). The fourth-order valence-electron chi connectivity index (χ4n) is 3.53. The summed E-state index contributed by atoms with van der Waals surface area (Å²) in [6, 6.07) is 1.06. The number of carboxylic acids is 1. The van der Waals surface area contributed by atoms with Gasteiger partial charge in [-0.3, -0.25) is 0 Å². The first-order chi connectivity index (χ1) is 11.8. The van der Waals surface area contributed by atoms with Gasteiger partial charge in [0.05, 0.1) is 11.3 Å². The lowest BCUT2D eigenvalue weighted by molar-refractivity contribution is -0.133. The molecule has 0 saturated carbocycles. The van der Waals surface area contributed by atoms with Gasteiger partial charge in [0, 0.05) is 31.4 Å². The smallest absolute Gasteiger partial charge is 0.336 e. The Morgan fingerprint density at radius 1 is 1.28 bits per heavy atom. The fourth-order valence-corrected chi connectivity index (χ4v) is 3.53. The molecule has 0 radical (unpaired) electrons. The molecule has 2 heterocycles. The Bertz CT molecular complexity index is 728. The Hall–Kier alpha value is -2.15. The molecule has 5 nitrogen and oxygen atoms in total. The molecule has 1 fully saturated rings. The van der Waals surface area contributed by atoms with Crippen molar-refractivity contribution in [2.45, 2.75) is 32.8 Å². The van der Waals surface area contributed by atoms with Crippen molar-refractivity contribution in [2.24, 2.45) is 5.92 Å². The first-order valence-corrected chi connectivity index (χ1v) is 8.51. The van der Waals surface area contributed by atoms with E-state index in [0.29, 0.717) is 25.6 Å². The maximum absolute atomic E-state index is 15.2. The van der Waals surface area contributed by atoms with Crippen molar-refractivity contribution in [1.29, 1.82) is 0 Å². The number of hydrogen-bond acceptors (Lipinski definition) is 4. The summed E-state index contributed by atoms with van der Waals surface area (Å²) in [7, 11) is 0. The zero-order chi connectivity index (χ0) is 18.3. The number of benzene rings is 1. The second-order valence-corrected chi connectivity index (χ2v) is 6.71. The highest BCUT2D eigenvalue weighted by Crippen LogP contribution is 2.43. The Kier molecular flexibility index (Phi) is 4.69. The topological polar surface area (TPSA) is 64.0 Å². The van der Waals surface area contributed by atoms with Crippen LogP contribution in [0.2, 0.25) is 0 Å². The number of hydrogen-bond donors (Lipinski definition) is 2. The molecule has 0 spiro atoms. The molecule has 0 bridgehead atoms. The van der Waals surface area contributed by atoms with Crippen molar-refractivity contribution in [3.8, 4) is 0 Å². The number of aliphatic hydroxyl groups excluding tert-OH is 1. The highest BCUT2D eigenvalue weighted by molar-refractivity contribution is 5.91. The van der Waals surface area contributed by atoms with Crippen molar-refractivity contribution in [3.63, 3.8) is 0 Å². The average molecular weight is 352 g/mol. The van der Waals surface area contributed by atoms with Gasteiger partial charge in [-0.2, -0.15) is 0 Å². The molecule has 0 aromatic heterocycles. The normalized spacial score (nSPS) is 21.2. The molecule has 0 aliphatic carbocycles. The number of rotatable bonds is 3. The zero-order valence-corrected chi connectivity index (χ0v) is 14.3. The number of carbonyl (C=O) groups is 1. The van der Waals surface area contributed by atoms with Gasteiger partial charge in [0.1, 0.15) is 17.6 Å². The summed E-state index contributed by atoms with van der Waals surface area (Å²) in [5, 5.41) is 19.5. The monoisotopic (exact) mass is 352 g/mol. The Labute approximate surface area is 145 Å². The third-order valence-corrected chi connectivity index (χ3v) is 5.06. The highest BCUT2D eigenvalue weighted by Gasteiger charge is 2.35. The van der Waals surface area contributed by atoms with Crippen molar-refractivity contribution in [2.75, 3.05) is 29.4 Å². The van der Waals surface area contributed by atoms with Crippen LogP contribution >= 0.6 is 0 Å². The quantitative estimate of drug-likeness (QED) is 0.875. The van der Waals surface area contributed by atoms with E-state index in [1.165, 1.54) is 11.1 Å². The molecule has 0 amide bonds. The Morgan fingerprint density at radius 2 is 1.92 bits per heavy atom. The summed E-state index contributed by atoms with van der Waals surface area (Å²) in [6.07, 6.45) is 1.38. The third-order valence-electron chi connectivity index (χ3n) is 5.06. The van der Waals surface area contributed by atoms with Crippen LogP contribution in [0, 0.1) is 17.6 Å². The van der Waals surface area contributed by atoms with E-state index in [4.69, 9.17) is 0 Å². The van der Waals surface area contributed by atoms with Gasteiger partial charge in [0.2, 0.25) is 0 Å². The molecular weight excluding hydrogens is 330 g/mol. The number of anilines is 2. The predicted molar refractivity (Wildman–Crippen MR) is 90.7 cm³/mol. The lowest BCUT2D eigenvalue weighted by Crippen LogP contribution is -2.35. The molecule has 1 unspecified atom stereocenters. The fraction of sp³-hybridized carbons (Fsp3) is 0.500. The van der Waals surface area contributed by atoms with E-state index in [-0.39, 0.29) is 22.5 Å². The number of piperidine rings is 1. The van der Waals surface area contributed by atoms with E-state index in [1.807, 2.05) is 0 Å². The van der Waals surface area contributed by atoms with E-state index in [1.54, 1.807) is 11.8 Å². The van der Waals surface area contributed by atoms with Gasteiger partial charge in [0.15, 0.2) is 5.82 Å². The lowest BCUT2D eigenvalue weighted by Gasteiger charge is -2.36. The van der Waals surface area contributed by atoms with Crippen LogP contribution in [0.3, 0.4) is 0 Å². The highest BCUT2D eigenvalue weighted by atomic mass is 19.1. The van der Waals surface area contributed by atoms with E-state index in [0.717, 1.165) is 18.9 Å². The molecule has 1 saturated heterocycles. The molecule has 136 valence electrons. The van der Waals surface area contributed by atoms with Crippen LogP contribution in [0.25, 0.3) is 0 Å². The van der Waals surface area contributed by atoms with Gasteiger partial charge >= 0.3 is 5.97 Å². The maximum atomic E-state index is 15.2. The minimum atomic E-state index is -1.56. The van der Waals surface area contributed by atoms with Crippen LogP contribution in [-0.4, -0.2) is 35.8 Å². The molecule has 1 atom stereocenters. The minimum absolute atomic E-state index is 0.0501. The van der Waals surface area contributed by atoms with Crippen molar-refractivity contribution < 1.29 is 23.8 Å². The number of nitrogens with zero attached hydrogens (tertiary/aromatic N) is 2. The summed E-state index contributed by atoms with van der Waals surface area (Å²) in [4.78, 5) is 14.4. The van der Waals surface area contributed by atoms with Gasteiger partial charge in [-0.05, 0) is 31.7 Å². The molecule has 7 heteroatoms. The van der Waals surface area contributed by atoms with E-state index in [9.17, 15) is 19.4 Å². The van der Waals surface area contributed by atoms with Gasteiger partial charge in [0.25, 0.3) is 0 Å². The third kappa shape index (κ3) is 2.97. The number of halogens is 2. The van der Waals surface area contributed by atoms with Crippen LogP contribution in [0.1, 0.15) is 38.4 Å². The second kappa shape index (κ2) is 6.63. The first-order valence-electron chi connectivity index (χ1n) is 8.51. The molecule has 2 aliphatic heterocycles. The summed E-state index contributed by atoms with van der Waals surface area (Å²) in [6.45, 7) is 5.29. The summed E-state index contributed by atoms with van der Waals surface area (Å²) in [5.41, 5.74) is -0.392. The summed E-state index contributed by atoms with van der Waals surface area (Å²) >= 11 is 0. The number of aliphatic hydroxyl groups is 1. The number of carboxylic acid groups (broad SMARTS) is 1. The predicted octanol–water partition coefficient (Wildman–Crippen LogP) is 3.04. The SMILES string of the molecule is CCN1C=C(C(=O)O)C(O)c2cc(F)c(N3CCC(C)CC3)c(F)c21. The molecule has 2 aliphatic rings. The number of fused-ring (bicyclic) bond motifs is 1. The van der Waals surface area contributed by atoms with Crippen LogP contribution in [0.4, 0.5) is 20.2 Å². The van der Waals surface area contributed by atoms with Crippen molar-refractivity contribution in [1.82, 2.24) is 0 Å². The Morgan fingerprint density at radius 3 is 2.48 bits per heavy atom. The molecule has 25 heavy (non-hydrogen) atoms. The molecule has 1 aromatic rings. The second-order valence-electron chi connectivity index (χ2n) is 6.71. The van der Waals surface area contributed by atoms with Crippen LogP contribution < -0.4 is 9.80 Å². The van der Waals surface area contributed by atoms with Crippen molar-refractivity contribution >= 4 is 17.3 Å².